The molecule has 0 bridgehead atoms. The zero-order valence-electron chi connectivity index (χ0n) is 8.18. The Morgan fingerprint density at radius 2 is 2.62 bits per heavy atom. The fourth-order valence-electron chi connectivity index (χ4n) is 1.90. The van der Waals surface area contributed by atoms with Gasteiger partial charge in [-0.1, -0.05) is 19.1 Å². The van der Waals surface area contributed by atoms with Crippen molar-refractivity contribution < 1.29 is 5.82 Å². The van der Waals surface area contributed by atoms with Crippen LogP contribution in [0, 0.1) is 5.92 Å². The van der Waals surface area contributed by atoms with Gasteiger partial charge in [0.25, 0.3) is 0 Å². The van der Waals surface area contributed by atoms with Crippen LogP contribution >= 0.6 is 0 Å². The molecule has 2 rings (SSSR count). The van der Waals surface area contributed by atoms with Crippen LogP contribution in [0.2, 0.25) is 0 Å². The van der Waals surface area contributed by atoms with Gasteiger partial charge in [-0.15, -0.1) is 0 Å². The summed E-state index contributed by atoms with van der Waals surface area (Å²) in [6.07, 6.45) is 6.41. The number of alkyl halides is 1. The van der Waals surface area contributed by atoms with Gasteiger partial charge in [-0.25, -0.2) is 4.39 Å². The van der Waals surface area contributed by atoms with Crippen molar-refractivity contribution in [2.24, 2.45) is 5.92 Å². The predicted molar refractivity (Wildman–Crippen MR) is 54.4 cm³/mol. The van der Waals surface area contributed by atoms with Crippen LogP contribution in [0.4, 0.5) is 4.39 Å². The van der Waals surface area contributed by atoms with E-state index >= 15 is 0 Å². The largest absolute Gasteiger partial charge is 0.310 e. The van der Waals surface area contributed by atoms with Crippen molar-refractivity contribution in [3.8, 4) is 0 Å². The Bertz CT molecular complexity index is 274. The maximum Gasteiger partial charge on any atom is 0.136 e. The van der Waals surface area contributed by atoms with Gasteiger partial charge in [-0.2, -0.15) is 0 Å². The molecule has 0 saturated heterocycles. The van der Waals surface area contributed by atoms with Crippen molar-refractivity contribution >= 4 is 0 Å². The first-order valence-electron chi connectivity index (χ1n) is 4.99. The summed E-state index contributed by atoms with van der Waals surface area (Å²) in [7, 11) is 0. The monoisotopic (exact) mass is 183 g/mol. The first kappa shape index (κ1) is 8.95. The van der Waals surface area contributed by atoms with Crippen LogP contribution in [0.5, 0.6) is 0 Å². The smallest absolute Gasteiger partial charge is 0.136 e. The summed E-state index contributed by atoms with van der Waals surface area (Å²) in [5.41, 5.74) is 0.257. The predicted octanol–water partition coefficient (Wildman–Crippen LogP) is 2.45. The van der Waals surface area contributed by atoms with Crippen molar-refractivity contribution in [1.82, 2.24) is 5.32 Å². The lowest BCUT2D eigenvalue weighted by Gasteiger charge is -2.16. The zero-order valence-corrected chi connectivity index (χ0v) is 8.18. The van der Waals surface area contributed by atoms with Crippen molar-refractivity contribution in [2.75, 3.05) is 6.54 Å². The van der Waals surface area contributed by atoms with Crippen molar-refractivity contribution in [1.29, 1.82) is 0 Å². The van der Waals surface area contributed by atoms with E-state index in [4.69, 9.17) is 0 Å². The van der Waals surface area contributed by atoms with E-state index < -0.39 is 5.67 Å². The van der Waals surface area contributed by atoms with E-state index in [1.807, 2.05) is 6.08 Å². The van der Waals surface area contributed by atoms with E-state index in [0.717, 1.165) is 6.54 Å². The molecule has 0 heterocycles. The number of hydrogen-bond acceptors (Lipinski definition) is 1. The van der Waals surface area contributed by atoms with Gasteiger partial charge in [-0.3, -0.25) is 0 Å². The lowest BCUT2D eigenvalue weighted by molar-refractivity contribution is 0.360. The molecular weight excluding hydrogens is 165 g/mol. The fraction of sp³-hybridized carbons (Fsp3) is 0.636. The Morgan fingerprint density at radius 3 is 3.23 bits per heavy atom. The minimum atomic E-state index is -0.977. The minimum Gasteiger partial charge on any atom is -0.310 e. The van der Waals surface area contributed by atoms with Gasteiger partial charge in [0.2, 0.25) is 0 Å². The molecule has 0 aromatic heterocycles. The molecule has 0 radical (unpaired) electrons. The third kappa shape index (κ3) is 1.55. The molecule has 2 heteroatoms. The molecule has 0 aromatic rings. The van der Waals surface area contributed by atoms with Gasteiger partial charge in [0.15, 0.2) is 0 Å². The summed E-state index contributed by atoms with van der Waals surface area (Å²) in [6.45, 7) is 5.16. The standard InChI is InChI=1S/C11H16FN.H2/c1-3-13-8(2)9-4-5-11(12)7-10(11)6-9;/h4-6,8,10,13H,3,7H2,1-2H3;1H/t8-,10?,11?;/m1./s1. The van der Waals surface area contributed by atoms with Crippen molar-refractivity contribution in [3.63, 3.8) is 0 Å². The third-order valence-corrected chi connectivity index (χ3v) is 2.95. The van der Waals surface area contributed by atoms with Crippen LogP contribution in [0.3, 0.4) is 0 Å². The first-order valence-corrected chi connectivity index (χ1v) is 4.99. The van der Waals surface area contributed by atoms with Crippen molar-refractivity contribution in [3.05, 3.63) is 23.8 Å². The average Bonchev–Trinajstić information content (AvgIpc) is 2.75. The molecule has 0 amide bonds. The molecule has 13 heavy (non-hydrogen) atoms. The number of allylic oxidation sites excluding steroid dienone is 2. The highest BCUT2D eigenvalue weighted by atomic mass is 19.1. The van der Waals surface area contributed by atoms with Crippen LogP contribution in [0.15, 0.2) is 23.8 Å². The molecule has 0 aromatic carbocycles. The Morgan fingerprint density at radius 1 is 1.85 bits per heavy atom. The second-order valence-electron chi connectivity index (χ2n) is 4.02. The number of likely N-dealkylation sites (N-methyl/N-ethyl adjacent to an activating group) is 1. The molecular formula is C11H18FN. The molecule has 0 spiro atoms. The lowest BCUT2D eigenvalue weighted by Crippen LogP contribution is -2.27. The highest BCUT2D eigenvalue weighted by molar-refractivity contribution is 5.39. The summed E-state index contributed by atoms with van der Waals surface area (Å²) in [5.74, 6) is 0.161. The van der Waals surface area contributed by atoms with E-state index in [0.29, 0.717) is 12.5 Å². The number of nitrogens with one attached hydrogen (secondary N) is 1. The van der Waals surface area contributed by atoms with Gasteiger partial charge >= 0.3 is 0 Å². The van der Waals surface area contributed by atoms with Crippen molar-refractivity contribution in [2.45, 2.75) is 32.0 Å². The SMILES string of the molecule is CCN[C@H](C)C1=CC2CC2(F)C=C1.[HH]. The van der Waals surface area contributed by atoms with Crippen LogP contribution in [-0.4, -0.2) is 18.3 Å². The summed E-state index contributed by atoms with van der Waals surface area (Å²) < 4.78 is 13.4. The van der Waals surface area contributed by atoms with E-state index in [-0.39, 0.29) is 7.34 Å². The van der Waals surface area contributed by atoms with Crippen LogP contribution < -0.4 is 5.32 Å². The number of halogens is 1. The summed E-state index contributed by atoms with van der Waals surface area (Å²) in [4.78, 5) is 0. The number of rotatable bonds is 3. The lowest BCUT2D eigenvalue weighted by atomic mass is 10.0. The Hall–Kier alpha value is -0.630. The number of fused-ring (bicyclic) bond motifs is 1. The van der Waals surface area contributed by atoms with Gasteiger partial charge in [-0.05, 0) is 31.5 Å². The maximum absolute atomic E-state index is 13.4. The van der Waals surface area contributed by atoms with Crippen LogP contribution in [-0.2, 0) is 0 Å². The third-order valence-electron chi connectivity index (χ3n) is 2.95. The molecule has 0 aliphatic heterocycles. The molecule has 1 saturated carbocycles. The molecule has 74 valence electrons. The summed E-state index contributed by atoms with van der Waals surface area (Å²) in [5, 5.41) is 3.32. The normalized spacial score (nSPS) is 38.1. The van der Waals surface area contributed by atoms with Gasteiger partial charge < -0.3 is 5.32 Å². The van der Waals surface area contributed by atoms with Gasteiger partial charge in [0, 0.05) is 13.4 Å². The van der Waals surface area contributed by atoms with Gasteiger partial charge in [0.05, 0.1) is 0 Å². The Labute approximate surface area is 80.2 Å². The Balaban J connectivity index is 0.000000980. The first-order chi connectivity index (χ1) is 6.15. The molecule has 2 aliphatic carbocycles. The van der Waals surface area contributed by atoms with E-state index in [1.165, 1.54) is 5.57 Å². The molecule has 2 unspecified atom stereocenters. The molecule has 1 N–H and O–H groups in total. The summed E-state index contributed by atoms with van der Waals surface area (Å²) in [6, 6.07) is 0.353. The Kier molecular flexibility index (Phi) is 2.03. The van der Waals surface area contributed by atoms with Gasteiger partial charge in [0.1, 0.15) is 5.67 Å². The zero-order chi connectivity index (χ0) is 9.47. The van der Waals surface area contributed by atoms with E-state index in [2.05, 4.69) is 25.2 Å². The highest BCUT2D eigenvalue weighted by Gasteiger charge is 2.53. The fourth-order valence-corrected chi connectivity index (χ4v) is 1.90. The molecule has 3 atom stereocenters. The minimum absolute atomic E-state index is 0. The number of hydrogen-bond donors (Lipinski definition) is 1. The topological polar surface area (TPSA) is 12.0 Å². The molecule has 1 nitrogen and oxygen atoms in total. The second-order valence-corrected chi connectivity index (χ2v) is 4.02. The van der Waals surface area contributed by atoms with E-state index in [9.17, 15) is 4.39 Å². The summed E-state index contributed by atoms with van der Waals surface area (Å²) >= 11 is 0. The average molecular weight is 183 g/mol. The maximum atomic E-state index is 13.4. The highest BCUT2D eigenvalue weighted by Crippen LogP contribution is 2.52. The second kappa shape index (κ2) is 2.95. The van der Waals surface area contributed by atoms with E-state index in [1.54, 1.807) is 6.08 Å². The van der Waals surface area contributed by atoms with Crippen LogP contribution in [0.25, 0.3) is 0 Å². The molecule has 1 fully saturated rings. The molecule has 2 aliphatic rings. The quantitative estimate of drug-likeness (QED) is 0.708. The van der Waals surface area contributed by atoms with Crippen LogP contribution in [0.1, 0.15) is 21.7 Å².